The summed E-state index contributed by atoms with van der Waals surface area (Å²) in [6.07, 6.45) is 3.20. The van der Waals surface area contributed by atoms with E-state index in [1.165, 1.54) is 0 Å². The van der Waals surface area contributed by atoms with Crippen LogP contribution in [0.3, 0.4) is 0 Å². The average Bonchev–Trinajstić information content (AvgIpc) is 2.75. The second kappa shape index (κ2) is 2.44. The van der Waals surface area contributed by atoms with Gasteiger partial charge in [-0.2, -0.15) is 0 Å². The van der Waals surface area contributed by atoms with Gasteiger partial charge in [0.25, 0.3) is 0 Å². The van der Waals surface area contributed by atoms with Gasteiger partial charge in [-0.1, -0.05) is 0 Å². The van der Waals surface area contributed by atoms with Gasteiger partial charge in [-0.3, -0.25) is 0 Å². The van der Waals surface area contributed by atoms with Crippen LogP contribution >= 0.6 is 0 Å². The molecule has 0 bridgehead atoms. The Balaban J connectivity index is 2.04. The number of epoxide rings is 1. The summed E-state index contributed by atoms with van der Waals surface area (Å²) in [5.41, 5.74) is 0.139. The Kier molecular flexibility index (Phi) is 1.72. The van der Waals surface area contributed by atoms with Crippen LogP contribution in [0.1, 0.15) is 26.2 Å². The molecule has 1 aliphatic carbocycles. The van der Waals surface area contributed by atoms with Crippen LogP contribution in [-0.2, 0) is 14.2 Å². The highest BCUT2D eigenvalue weighted by Crippen LogP contribution is 2.51. The Morgan fingerprint density at radius 2 is 1.92 bits per heavy atom. The van der Waals surface area contributed by atoms with E-state index in [1.54, 1.807) is 14.2 Å². The highest BCUT2D eigenvalue weighted by atomic mass is 16.7. The zero-order chi connectivity index (χ0) is 8.82. The van der Waals surface area contributed by atoms with Gasteiger partial charge in [0.15, 0.2) is 5.79 Å². The summed E-state index contributed by atoms with van der Waals surface area (Å²) in [6.45, 7) is 2.16. The van der Waals surface area contributed by atoms with Gasteiger partial charge in [-0.25, -0.2) is 0 Å². The third-order valence-electron chi connectivity index (χ3n) is 3.28. The van der Waals surface area contributed by atoms with Gasteiger partial charge in [-0.05, 0) is 13.3 Å². The zero-order valence-electron chi connectivity index (χ0n) is 7.92. The second-order valence-corrected chi connectivity index (χ2v) is 3.94. The maximum absolute atomic E-state index is 5.56. The molecular formula is C9H16O3. The average molecular weight is 172 g/mol. The molecule has 2 unspecified atom stereocenters. The van der Waals surface area contributed by atoms with Crippen molar-refractivity contribution in [1.29, 1.82) is 0 Å². The SMILES string of the molecule is COC1(OC)CCC2(C)OC2C1. The molecule has 1 saturated carbocycles. The van der Waals surface area contributed by atoms with Crippen LogP contribution in [-0.4, -0.2) is 31.7 Å². The van der Waals surface area contributed by atoms with Crippen LogP contribution in [0.5, 0.6) is 0 Å². The fourth-order valence-corrected chi connectivity index (χ4v) is 2.05. The monoisotopic (exact) mass is 172 g/mol. The van der Waals surface area contributed by atoms with Crippen LogP contribution in [0.2, 0.25) is 0 Å². The smallest absolute Gasteiger partial charge is 0.170 e. The number of ether oxygens (including phenoxy) is 3. The van der Waals surface area contributed by atoms with Gasteiger partial charge < -0.3 is 14.2 Å². The maximum atomic E-state index is 5.56. The van der Waals surface area contributed by atoms with Crippen molar-refractivity contribution in [3.05, 3.63) is 0 Å². The minimum absolute atomic E-state index is 0.139. The van der Waals surface area contributed by atoms with Crippen molar-refractivity contribution in [2.45, 2.75) is 43.7 Å². The van der Waals surface area contributed by atoms with Crippen molar-refractivity contribution >= 4 is 0 Å². The van der Waals surface area contributed by atoms with Crippen molar-refractivity contribution < 1.29 is 14.2 Å². The summed E-state index contributed by atoms with van der Waals surface area (Å²) in [6, 6.07) is 0. The third-order valence-corrected chi connectivity index (χ3v) is 3.28. The van der Waals surface area contributed by atoms with E-state index in [0.717, 1.165) is 19.3 Å². The molecule has 1 heterocycles. The maximum Gasteiger partial charge on any atom is 0.170 e. The Bertz CT molecular complexity index is 188. The predicted molar refractivity (Wildman–Crippen MR) is 43.9 cm³/mol. The molecule has 0 aromatic rings. The van der Waals surface area contributed by atoms with E-state index in [2.05, 4.69) is 6.92 Å². The van der Waals surface area contributed by atoms with E-state index >= 15 is 0 Å². The molecule has 1 saturated heterocycles. The minimum Gasteiger partial charge on any atom is -0.366 e. The summed E-state index contributed by atoms with van der Waals surface area (Å²) in [7, 11) is 3.41. The molecule has 70 valence electrons. The topological polar surface area (TPSA) is 31.0 Å². The lowest BCUT2D eigenvalue weighted by atomic mass is 9.86. The lowest BCUT2D eigenvalue weighted by molar-refractivity contribution is -0.221. The largest absolute Gasteiger partial charge is 0.366 e. The van der Waals surface area contributed by atoms with Crippen LogP contribution in [0.4, 0.5) is 0 Å². The fourth-order valence-electron chi connectivity index (χ4n) is 2.05. The van der Waals surface area contributed by atoms with Crippen LogP contribution < -0.4 is 0 Å². The Morgan fingerprint density at radius 1 is 1.25 bits per heavy atom. The molecule has 2 aliphatic rings. The Hall–Kier alpha value is -0.120. The van der Waals surface area contributed by atoms with Crippen molar-refractivity contribution in [1.82, 2.24) is 0 Å². The Labute approximate surface area is 73.0 Å². The molecule has 1 aliphatic heterocycles. The number of fused-ring (bicyclic) bond motifs is 1. The number of hydrogen-bond donors (Lipinski definition) is 0. The standard InChI is InChI=1S/C9H16O3/c1-8-4-5-9(10-2,11-3)6-7(8)12-8/h7H,4-6H2,1-3H3. The molecule has 12 heavy (non-hydrogen) atoms. The van der Waals surface area contributed by atoms with Crippen LogP contribution in [0, 0.1) is 0 Å². The van der Waals surface area contributed by atoms with Gasteiger partial charge in [0, 0.05) is 27.1 Å². The lowest BCUT2D eigenvalue weighted by Gasteiger charge is -2.34. The molecule has 0 aromatic carbocycles. The molecule has 3 nitrogen and oxygen atoms in total. The highest BCUT2D eigenvalue weighted by molar-refractivity contribution is 5.06. The number of hydrogen-bond acceptors (Lipinski definition) is 3. The van der Waals surface area contributed by atoms with E-state index in [9.17, 15) is 0 Å². The van der Waals surface area contributed by atoms with E-state index < -0.39 is 0 Å². The molecule has 2 fully saturated rings. The third kappa shape index (κ3) is 1.08. The summed E-state index contributed by atoms with van der Waals surface area (Å²) in [5, 5.41) is 0. The molecule has 0 aromatic heterocycles. The van der Waals surface area contributed by atoms with Crippen LogP contribution in [0.15, 0.2) is 0 Å². The molecule has 0 N–H and O–H groups in total. The molecule has 0 spiro atoms. The van der Waals surface area contributed by atoms with Gasteiger partial charge in [-0.15, -0.1) is 0 Å². The number of methoxy groups -OCH3 is 2. The normalized spacial score (nSPS) is 43.8. The lowest BCUT2D eigenvalue weighted by Crippen LogP contribution is -2.41. The fraction of sp³-hybridized carbons (Fsp3) is 1.00. The molecule has 0 amide bonds. The zero-order valence-corrected chi connectivity index (χ0v) is 7.92. The summed E-state index contributed by atoms with van der Waals surface area (Å²) in [5.74, 6) is -0.374. The van der Waals surface area contributed by atoms with Crippen LogP contribution in [0.25, 0.3) is 0 Å². The van der Waals surface area contributed by atoms with Gasteiger partial charge in [0.1, 0.15) is 0 Å². The van der Waals surface area contributed by atoms with Gasteiger partial charge in [0.2, 0.25) is 0 Å². The first-order valence-corrected chi connectivity index (χ1v) is 4.42. The summed E-state index contributed by atoms with van der Waals surface area (Å²) >= 11 is 0. The molecular weight excluding hydrogens is 156 g/mol. The summed E-state index contributed by atoms with van der Waals surface area (Å²) in [4.78, 5) is 0. The Morgan fingerprint density at radius 3 is 2.42 bits per heavy atom. The summed E-state index contributed by atoms with van der Waals surface area (Å²) < 4.78 is 16.3. The van der Waals surface area contributed by atoms with Gasteiger partial charge in [0.05, 0.1) is 11.7 Å². The second-order valence-electron chi connectivity index (χ2n) is 3.94. The van der Waals surface area contributed by atoms with E-state index in [4.69, 9.17) is 14.2 Å². The molecule has 0 radical (unpaired) electrons. The molecule has 2 atom stereocenters. The van der Waals surface area contributed by atoms with Crippen molar-refractivity contribution in [3.63, 3.8) is 0 Å². The van der Waals surface area contributed by atoms with Crippen molar-refractivity contribution in [2.24, 2.45) is 0 Å². The highest BCUT2D eigenvalue weighted by Gasteiger charge is 2.60. The quantitative estimate of drug-likeness (QED) is 0.465. The predicted octanol–water partition coefficient (Wildman–Crippen LogP) is 1.32. The number of rotatable bonds is 2. The van der Waals surface area contributed by atoms with E-state index in [0.29, 0.717) is 6.10 Å². The van der Waals surface area contributed by atoms with E-state index in [-0.39, 0.29) is 11.4 Å². The van der Waals surface area contributed by atoms with Gasteiger partial charge >= 0.3 is 0 Å². The first-order valence-electron chi connectivity index (χ1n) is 4.42. The molecule has 2 rings (SSSR count). The van der Waals surface area contributed by atoms with Crippen molar-refractivity contribution in [3.8, 4) is 0 Å². The van der Waals surface area contributed by atoms with E-state index in [1.807, 2.05) is 0 Å². The first kappa shape index (κ1) is 8.48. The van der Waals surface area contributed by atoms with Crippen molar-refractivity contribution in [2.75, 3.05) is 14.2 Å². The minimum atomic E-state index is -0.374. The first-order chi connectivity index (χ1) is 5.64. The molecule has 3 heteroatoms.